The lowest BCUT2D eigenvalue weighted by Crippen LogP contribution is -2.30. The van der Waals surface area contributed by atoms with Crippen molar-refractivity contribution in [2.75, 3.05) is 0 Å². The lowest BCUT2D eigenvalue weighted by atomic mass is 10.0. The number of benzene rings is 2. The molecule has 0 heterocycles. The van der Waals surface area contributed by atoms with Crippen molar-refractivity contribution in [1.82, 2.24) is 5.32 Å². The van der Waals surface area contributed by atoms with Crippen molar-refractivity contribution in [1.29, 1.82) is 0 Å². The van der Waals surface area contributed by atoms with E-state index in [0.29, 0.717) is 0 Å². The smallest absolute Gasteiger partial charge is 0.407 e. The first-order valence-electron chi connectivity index (χ1n) is 7.09. The number of amides is 1. The Hall–Kier alpha value is -2.60. The molecule has 0 aliphatic heterocycles. The van der Waals surface area contributed by atoms with Gasteiger partial charge in [0.2, 0.25) is 0 Å². The first kappa shape index (κ1) is 17.7. The Morgan fingerprint density at radius 3 is 2.54 bits per heavy atom. The van der Waals surface area contributed by atoms with Crippen LogP contribution in [0.1, 0.15) is 23.6 Å². The quantitative estimate of drug-likeness (QED) is 0.827. The monoisotopic (exact) mass is 351 g/mol. The second-order valence-corrected chi connectivity index (χ2v) is 5.44. The van der Waals surface area contributed by atoms with E-state index in [-0.39, 0.29) is 17.2 Å². The molecule has 2 aromatic carbocycles. The Labute approximate surface area is 143 Å². The summed E-state index contributed by atoms with van der Waals surface area (Å²) in [5, 5.41) is 11.3. The van der Waals surface area contributed by atoms with Gasteiger partial charge in [-0.2, -0.15) is 0 Å². The van der Waals surface area contributed by atoms with Crippen molar-refractivity contribution >= 4 is 23.7 Å². The fourth-order valence-electron chi connectivity index (χ4n) is 2.06. The van der Waals surface area contributed by atoms with Gasteiger partial charge in [0, 0.05) is 0 Å². The van der Waals surface area contributed by atoms with E-state index in [1.807, 2.05) is 6.07 Å². The van der Waals surface area contributed by atoms with Crippen LogP contribution in [0.4, 0.5) is 9.18 Å². The highest BCUT2D eigenvalue weighted by Crippen LogP contribution is 2.22. The van der Waals surface area contributed by atoms with Gasteiger partial charge in [0.15, 0.2) is 0 Å². The molecule has 0 aliphatic rings. The molecule has 0 radical (unpaired) electrons. The van der Waals surface area contributed by atoms with Crippen molar-refractivity contribution < 1.29 is 23.8 Å². The molecule has 0 fully saturated rings. The van der Waals surface area contributed by atoms with Crippen molar-refractivity contribution in [3.63, 3.8) is 0 Å². The normalized spacial score (nSPS) is 11.6. The van der Waals surface area contributed by atoms with Gasteiger partial charge in [-0.15, -0.1) is 0 Å². The van der Waals surface area contributed by atoms with E-state index in [0.717, 1.165) is 11.6 Å². The molecule has 0 aliphatic carbocycles. The summed E-state index contributed by atoms with van der Waals surface area (Å²) in [5.74, 6) is -1.83. The number of carbonyl (C=O) groups excluding carboxylic acids is 1. The SMILES string of the molecule is O=C(O)CC(NC(=O)OCc1ccccc1)c1ccc(Cl)c(F)c1. The molecule has 5 nitrogen and oxygen atoms in total. The van der Waals surface area contributed by atoms with Gasteiger partial charge in [0.1, 0.15) is 12.4 Å². The molecule has 1 unspecified atom stereocenters. The standard InChI is InChI=1S/C17H15ClFNO4/c18-13-7-6-12(8-14(13)19)15(9-16(21)22)20-17(23)24-10-11-4-2-1-3-5-11/h1-8,15H,9-10H2,(H,20,23)(H,21,22). The number of carbonyl (C=O) groups is 2. The van der Waals surface area contributed by atoms with Crippen LogP contribution in [0.15, 0.2) is 48.5 Å². The Morgan fingerprint density at radius 2 is 1.92 bits per heavy atom. The van der Waals surface area contributed by atoms with Crippen LogP contribution in [-0.4, -0.2) is 17.2 Å². The van der Waals surface area contributed by atoms with E-state index in [4.69, 9.17) is 21.4 Å². The number of carboxylic acids is 1. The van der Waals surface area contributed by atoms with Gasteiger partial charge in [0.05, 0.1) is 17.5 Å². The zero-order chi connectivity index (χ0) is 17.5. The number of rotatable bonds is 6. The third-order valence-corrected chi connectivity index (χ3v) is 3.54. The highest BCUT2D eigenvalue weighted by atomic mass is 35.5. The summed E-state index contributed by atoms with van der Waals surface area (Å²) in [5.41, 5.74) is 1.08. The molecule has 0 saturated heterocycles. The largest absolute Gasteiger partial charge is 0.481 e. The minimum Gasteiger partial charge on any atom is -0.481 e. The lowest BCUT2D eigenvalue weighted by molar-refractivity contribution is -0.137. The maximum absolute atomic E-state index is 13.6. The molecule has 0 saturated carbocycles. The third-order valence-electron chi connectivity index (χ3n) is 3.23. The fourth-order valence-corrected chi connectivity index (χ4v) is 2.18. The van der Waals surface area contributed by atoms with Crippen molar-refractivity contribution in [2.24, 2.45) is 0 Å². The highest BCUT2D eigenvalue weighted by molar-refractivity contribution is 6.30. The second-order valence-electron chi connectivity index (χ2n) is 5.03. The Kier molecular flexibility index (Phi) is 6.14. The minimum atomic E-state index is -1.14. The Morgan fingerprint density at radius 1 is 1.21 bits per heavy atom. The molecule has 0 spiro atoms. The molecule has 1 amide bonds. The molecule has 2 rings (SSSR count). The molecule has 126 valence electrons. The summed E-state index contributed by atoms with van der Waals surface area (Å²) >= 11 is 5.61. The topological polar surface area (TPSA) is 75.6 Å². The van der Waals surface area contributed by atoms with Crippen molar-refractivity contribution in [2.45, 2.75) is 19.1 Å². The van der Waals surface area contributed by atoms with Gasteiger partial charge in [0.25, 0.3) is 0 Å². The highest BCUT2D eigenvalue weighted by Gasteiger charge is 2.20. The van der Waals surface area contributed by atoms with Gasteiger partial charge in [-0.05, 0) is 23.3 Å². The third kappa shape index (κ3) is 5.24. The summed E-state index contributed by atoms with van der Waals surface area (Å²) in [4.78, 5) is 22.9. The zero-order valence-electron chi connectivity index (χ0n) is 12.5. The van der Waals surface area contributed by atoms with Crippen LogP contribution in [0, 0.1) is 5.82 Å². The average molecular weight is 352 g/mol. The average Bonchev–Trinajstić information content (AvgIpc) is 2.55. The van der Waals surface area contributed by atoms with Crippen LogP contribution < -0.4 is 5.32 Å². The van der Waals surface area contributed by atoms with Crippen LogP contribution >= 0.6 is 11.6 Å². The predicted octanol–water partition coefficient (Wildman–Crippen LogP) is 3.92. The van der Waals surface area contributed by atoms with Gasteiger partial charge >= 0.3 is 12.1 Å². The Balaban J connectivity index is 2.03. The number of halogens is 2. The molecule has 7 heteroatoms. The van der Waals surface area contributed by atoms with Gasteiger partial charge in [-0.3, -0.25) is 4.79 Å². The summed E-state index contributed by atoms with van der Waals surface area (Å²) in [6.07, 6.45) is -1.21. The van der Waals surface area contributed by atoms with E-state index in [1.165, 1.54) is 12.1 Å². The van der Waals surface area contributed by atoms with E-state index in [9.17, 15) is 14.0 Å². The molecule has 0 aromatic heterocycles. The maximum atomic E-state index is 13.6. The minimum absolute atomic E-state index is 0.0431. The van der Waals surface area contributed by atoms with Gasteiger partial charge in [-0.25, -0.2) is 9.18 Å². The van der Waals surface area contributed by atoms with E-state index in [2.05, 4.69) is 5.32 Å². The summed E-state index contributed by atoms with van der Waals surface area (Å²) < 4.78 is 18.6. The van der Waals surface area contributed by atoms with Crippen LogP contribution in [0.3, 0.4) is 0 Å². The zero-order valence-corrected chi connectivity index (χ0v) is 13.3. The van der Waals surface area contributed by atoms with E-state index >= 15 is 0 Å². The van der Waals surface area contributed by atoms with Gasteiger partial charge < -0.3 is 15.2 Å². The lowest BCUT2D eigenvalue weighted by Gasteiger charge is -2.17. The number of aliphatic carboxylic acids is 1. The van der Waals surface area contributed by atoms with Crippen molar-refractivity contribution in [3.05, 3.63) is 70.5 Å². The number of hydrogen-bond acceptors (Lipinski definition) is 3. The first-order valence-corrected chi connectivity index (χ1v) is 7.47. The van der Waals surface area contributed by atoms with Crippen LogP contribution in [0.25, 0.3) is 0 Å². The molecule has 0 bridgehead atoms. The van der Waals surface area contributed by atoms with Crippen molar-refractivity contribution in [3.8, 4) is 0 Å². The molecule has 24 heavy (non-hydrogen) atoms. The fraction of sp³-hybridized carbons (Fsp3) is 0.176. The molecular formula is C17H15ClFNO4. The van der Waals surface area contributed by atoms with E-state index in [1.54, 1.807) is 24.3 Å². The first-order chi connectivity index (χ1) is 11.5. The maximum Gasteiger partial charge on any atom is 0.407 e. The summed E-state index contributed by atoms with van der Waals surface area (Å²) in [6.45, 7) is 0.0431. The van der Waals surface area contributed by atoms with Crippen LogP contribution in [-0.2, 0) is 16.1 Å². The molecule has 1 atom stereocenters. The van der Waals surface area contributed by atoms with Crippen LogP contribution in [0.2, 0.25) is 5.02 Å². The van der Waals surface area contributed by atoms with Crippen LogP contribution in [0.5, 0.6) is 0 Å². The number of ether oxygens (including phenoxy) is 1. The summed E-state index contributed by atoms with van der Waals surface area (Å²) in [7, 11) is 0. The Bertz CT molecular complexity index is 724. The number of nitrogens with one attached hydrogen (secondary N) is 1. The van der Waals surface area contributed by atoms with Gasteiger partial charge in [-0.1, -0.05) is 48.0 Å². The number of carboxylic acid groups (broad SMARTS) is 1. The number of alkyl carbamates (subject to hydrolysis) is 1. The number of hydrogen-bond donors (Lipinski definition) is 2. The molecule has 2 N–H and O–H groups in total. The van der Waals surface area contributed by atoms with E-state index < -0.39 is 30.3 Å². The second kappa shape index (κ2) is 8.31. The summed E-state index contributed by atoms with van der Waals surface area (Å²) in [6, 6.07) is 11.9. The molecule has 2 aromatic rings. The molecular weight excluding hydrogens is 337 g/mol. The predicted molar refractivity (Wildman–Crippen MR) is 86.2 cm³/mol.